The Kier molecular flexibility index (Phi) is 7.09. The zero-order chi connectivity index (χ0) is 17.4. The number of likely N-dealkylation sites (tertiary alicyclic amines) is 1. The summed E-state index contributed by atoms with van der Waals surface area (Å²) in [7, 11) is 0. The minimum absolute atomic E-state index is 0.0908. The van der Waals surface area contributed by atoms with Gasteiger partial charge in [0.15, 0.2) is 0 Å². The maximum absolute atomic E-state index is 12.2. The molecule has 0 aliphatic carbocycles. The number of carbonyl (C=O) groups is 2. The highest BCUT2D eigenvalue weighted by Gasteiger charge is 2.23. The minimum atomic E-state index is 0.0908. The first-order chi connectivity index (χ1) is 11.6. The molecule has 1 aromatic rings. The number of piperidine rings is 1. The van der Waals surface area contributed by atoms with Gasteiger partial charge in [-0.3, -0.25) is 9.59 Å². The number of hydrogen-bond donors (Lipinski definition) is 1. The molecule has 0 spiro atoms. The van der Waals surface area contributed by atoms with Gasteiger partial charge >= 0.3 is 0 Å². The summed E-state index contributed by atoms with van der Waals surface area (Å²) < 4.78 is 5.65. The molecular formula is C19H28N2O3. The van der Waals surface area contributed by atoms with Gasteiger partial charge in [0.05, 0.1) is 6.61 Å². The number of ether oxygens (including phenoxy) is 1. The molecule has 1 fully saturated rings. The highest BCUT2D eigenvalue weighted by Crippen LogP contribution is 2.14. The lowest BCUT2D eigenvalue weighted by Crippen LogP contribution is -2.46. The molecule has 0 saturated carbocycles. The van der Waals surface area contributed by atoms with Crippen molar-refractivity contribution >= 4 is 11.8 Å². The summed E-state index contributed by atoms with van der Waals surface area (Å²) in [4.78, 5) is 25.5. The molecule has 2 rings (SSSR count). The lowest BCUT2D eigenvalue weighted by atomic mass is 10.0. The number of rotatable bonds is 7. The van der Waals surface area contributed by atoms with E-state index in [2.05, 4.69) is 5.32 Å². The van der Waals surface area contributed by atoms with Crippen LogP contribution >= 0.6 is 0 Å². The molecule has 132 valence electrons. The third-order valence-electron chi connectivity index (χ3n) is 4.36. The first kappa shape index (κ1) is 18.3. The Balaban J connectivity index is 1.61. The van der Waals surface area contributed by atoms with Crippen molar-refractivity contribution in [1.29, 1.82) is 0 Å². The first-order valence-electron chi connectivity index (χ1n) is 8.85. The summed E-state index contributed by atoms with van der Waals surface area (Å²) in [5.74, 6) is 1.12. The fourth-order valence-electron chi connectivity index (χ4n) is 2.81. The lowest BCUT2D eigenvalue weighted by Gasteiger charge is -2.32. The van der Waals surface area contributed by atoms with E-state index in [0.717, 1.165) is 38.1 Å². The van der Waals surface area contributed by atoms with E-state index in [1.165, 1.54) is 5.56 Å². The second-order valence-electron chi connectivity index (χ2n) is 6.34. The SMILES string of the molecule is CCC(=O)NC1CCN(C(=O)CCCOc2ccc(C)cc2)CC1. The van der Waals surface area contributed by atoms with E-state index in [0.29, 0.717) is 19.4 Å². The average Bonchev–Trinajstić information content (AvgIpc) is 2.60. The van der Waals surface area contributed by atoms with Crippen LogP contribution < -0.4 is 10.1 Å². The zero-order valence-electron chi connectivity index (χ0n) is 14.7. The van der Waals surface area contributed by atoms with Crippen molar-refractivity contribution in [3.8, 4) is 5.75 Å². The third-order valence-corrected chi connectivity index (χ3v) is 4.36. The quantitative estimate of drug-likeness (QED) is 0.781. The molecule has 0 bridgehead atoms. The van der Waals surface area contributed by atoms with Crippen LogP contribution in [0.15, 0.2) is 24.3 Å². The Morgan fingerprint density at radius 2 is 1.88 bits per heavy atom. The van der Waals surface area contributed by atoms with E-state index < -0.39 is 0 Å². The Morgan fingerprint density at radius 3 is 2.50 bits per heavy atom. The molecule has 0 unspecified atom stereocenters. The fraction of sp³-hybridized carbons (Fsp3) is 0.579. The van der Waals surface area contributed by atoms with Gasteiger partial charge in [0.1, 0.15) is 5.75 Å². The van der Waals surface area contributed by atoms with Gasteiger partial charge in [-0.25, -0.2) is 0 Å². The summed E-state index contributed by atoms with van der Waals surface area (Å²) in [6, 6.07) is 8.15. The molecule has 5 heteroatoms. The van der Waals surface area contributed by atoms with Crippen molar-refractivity contribution < 1.29 is 14.3 Å². The number of amides is 2. The molecule has 0 aromatic heterocycles. The zero-order valence-corrected chi connectivity index (χ0v) is 14.7. The van der Waals surface area contributed by atoms with E-state index in [4.69, 9.17) is 4.74 Å². The van der Waals surface area contributed by atoms with Crippen molar-refractivity contribution in [2.24, 2.45) is 0 Å². The van der Waals surface area contributed by atoms with Crippen LogP contribution in [-0.2, 0) is 9.59 Å². The largest absolute Gasteiger partial charge is 0.494 e. The summed E-state index contributed by atoms with van der Waals surface area (Å²) in [5.41, 5.74) is 1.20. The molecule has 5 nitrogen and oxygen atoms in total. The van der Waals surface area contributed by atoms with Crippen LogP contribution in [0, 0.1) is 6.92 Å². The van der Waals surface area contributed by atoms with Crippen molar-refractivity contribution in [1.82, 2.24) is 10.2 Å². The number of hydrogen-bond acceptors (Lipinski definition) is 3. The predicted octanol–water partition coefficient (Wildman–Crippen LogP) is 2.67. The summed E-state index contributed by atoms with van der Waals surface area (Å²) >= 11 is 0. The van der Waals surface area contributed by atoms with Crippen LogP contribution in [0.3, 0.4) is 0 Å². The van der Waals surface area contributed by atoms with Gasteiger partial charge in [0, 0.05) is 32.0 Å². The Morgan fingerprint density at radius 1 is 1.21 bits per heavy atom. The van der Waals surface area contributed by atoms with Crippen LogP contribution in [0.4, 0.5) is 0 Å². The molecule has 2 amide bonds. The van der Waals surface area contributed by atoms with E-state index >= 15 is 0 Å². The molecule has 0 atom stereocenters. The Labute approximate surface area is 144 Å². The van der Waals surface area contributed by atoms with Crippen LogP contribution in [0.25, 0.3) is 0 Å². The van der Waals surface area contributed by atoms with Gasteiger partial charge in [-0.05, 0) is 38.3 Å². The standard InChI is InChI=1S/C19H28N2O3/c1-3-18(22)20-16-10-12-21(13-11-16)19(23)5-4-14-24-17-8-6-15(2)7-9-17/h6-9,16H,3-5,10-14H2,1-2H3,(H,20,22). The van der Waals surface area contributed by atoms with Gasteiger partial charge in [0.25, 0.3) is 0 Å². The fourth-order valence-corrected chi connectivity index (χ4v) is 2.81. The van der Waals surface area contributed by atoms with Crippen molar-refractivity contribution in [3.05, 3.63) is 29.8 Å². The topological polar surface area (TPSA) is 58.6 Å². The van der Waals surface area contributed by atoms with Gasteiger partial charge in [-0.2, -0.15) is 0 Å². The van der Waals surface area contributed by atoms with Crippen molar-refractivity contribution in [3.63, 3.8) is 0 Å². The number of aryl methyl sites for hydroxylation is 1. The Hall–Kier alpha value is -2.04. The number of carbonyl (C=O) groups excluding carboxylic acids is 2. The minimum Gasteiger partial charge on any atom is -0.494 e. The van der Waals surface area contributed by atoms with Gasteiger partial charge in [-0.1, -0.05) is 24.6 Å². The maximum atomic E-state index is 12.2. The summed E-state index contributed by atoms with van der Waals surface area (Å²) in [6.07, 6.45) is 3.44. The van der Waals surface area contributed by atoms with Gasteiger partial charge < -0.3 is 15.0 Å². The summed E-state index contributed by atoms with van der Waals surface area (Å²) in [5, 5.41) is 3.01. The van der Waals surface area contributed by atoms with Crippen LogP contribution in [0.2, 0.25) is 0 Å². The average molecular weight is 332 g/mol. The molecular weight excluding hydrogens is 304 g/mol. The molecule has 1 aliphatic rings. The first-order valence-corrected chi connectivity index (χ1v) is 8.85. The van der Waals surface area contributed by atoms with Crippen LogP contribution in [-0.4, -0.2) is 42.5 Å². The van der Waals surface area contributed by atoms with Crippen LogP contribution in [0.5, 0.6) is 5.75 Å². The molecule has 1 aromatic carbocycles. The van der Waals surface area contributed by atoms with Gasteiger partial charge in [-0.15, -0.1) is 0 Å². The second-order valence-corrected chi connectivity index (χ2v) is 6.34. The number of nitrogens with zero attached hydrogens (tertiary/aromatic N) is 1. The summed E-state index contributed by atoms with van der Waals surface area (Å²) in [6.45, 7) is 5.91. The molecule has 24 heavy (non-hydrogen) atoms. The molecule has 1 saturated heterocycles. The molecule has 1 aliphatic heterocycles. The molecule has 0 radical (unpaired) electrons. The normalized spacial score (nSPS) is 15.2. The van der Waals surface area contributed by atoms with E-state index in [9.17, 15) is 9.59 Å². The number of benzene rings is 1. The smallest absolute Gasteiger partial charge is 0.222 e. The van der Waals surface area contributed by atoms with E-state index in [-0.39, 0.29) is 17.9 Å². The monoisotopic (exact) mass is 332 g/mol. The third kappa shape index (κ3) is 5.87. The second kappa shape index (κ2) is 9.30. The maximum Gasteiger partial charge on any atom is 0.222 e. The highest BCUT2D eigenvalue weighted by atomic mass is 16.5. The lowest BCUT2D eigenvalue weighted by molar-refractivity contribution is -0.132. The van der Waals surface area contributed by atoms with E-state index in [1.807, 2.05) is 43.0 Å². The molecule has 1 heterocycles. The van der Waals surface area contributed by atoms with E-state index in [1.54, 1.807) is 0 Å². The Bertz CT molecular complexity index is 534. The number of nitrogens with one attached hydrogen (secondary N) is 1. The molecule has 1 N–H and O–H groups in total. The van der Waals surface area contributed by atoms with Gasteiger partial charge in [0.2, 0.25) is 11.8 Å². The highest BCUT2D eigenvalue weighted by molar-refractivity contribution is 5.77. The predicted molar refractivity (Wildman–Crippen MR) is 93.9 cm³/mol. The van der Waals surface area contributed by atoms with Crippen LogP contribution in [0.1, 0.15) is 44.6 Å². The van der Waals surface area contributed by atoms with Crippen molar-refractivity contribution in [2.45, 2.75) is 52.0 Å². The van der Waals surface area contributed by atoms with Crippen molar-refractivity contribution in [2.75, 3.05) is 19.7 Å².